The van der Waals surface area contributed by atoms with Crippen LogP contribution in [0.4, 0.5) is 13.2 Å². The highest BCUT2D eigenvalue weighted by molar-refractivity contribution is 5.85. The van der Waals surface area contributed by atoms with Gasteiger partial charge in [0.1, 0.15) is 12.6 Å². The summed E-state index contributed by atoms with van der Waals surface area (Å²) in [7, 11) is 0. The predicted octanol–water partition coefficient (Wildman–Crippen LogP) is 1.34. The highest BCUT2D eigenvalue weighted by atomic mass is 19.4. The van der Waals surface area contributed by atoms with Gasteiger partial charge in [-0.25, -0.2) is 4.79 Å². The van der Waals surface area contributed by atoms with Crippen molar-refractivity contribution in [2.75, 3.05) is 19.7 Å². The number of alkyl halides is 3. The summed E-state index contributed by atoms with van der Waals surface area (Å²) in [5.74, 6) is -3.05. The lowest BCUT2D eigenvalue weighted by Crippen LogP contribution is -2.54. The highest BCUT2D eigenvalue weighted by Crippen LogP contribution is 2.30. The van der Waals surface area contributed by atoms with Crippen LogP contribution in [0.3, 0.4) is 0 Å². The Balaban J connectivity index is 1.98. The Hall–Kier alpha value is -2.35. The topological polar surface area (TPSA) is 117 Å². The van der Waals surface area contributed by atoms with Crippen LogP contribution in [0.5, 0.6) is 0 Å². The van der Waals surface area contributed by atoms with Gasteiger partial charge in [0.25, 0.3) is 0 Å². The highest BCUT2D eigenvalue weighted by Gasteiger charge is 2.43. The molecule has 168 valence electrons. The number of halogens is 3. The standard InChI is InChI=1S/C19H27F3N4O4/c1-18(2,15(24)16(28)26-8-3-5-12(26)10-23)9-14(27)25-7-4-6-13(25)11-30-17(29)19(20,21)22/h12-13,15H,3-9,11,24H2,1-2H3. The molecule has 2 aliphatic heterocycles. The Kier molecular flexibility index (Phi) is 7.34. The second kappa shape index (κ2) is 9.20. The second-order valence-corrected chi connectivity index (χ2v) is 8.44. The molecule has 2 saturated heterocycles. The summed E-state index contributed by atoms with van der Waals surface area (Å²) >= 11 is 0. The van der Waals surface area contributed by atoms with E-state index >= 15 is 0 Å². The third-order valence-corrected chi connectivity index (χ3v) is 5.74. The molecule has 0 bridgehead atoms. The summed E-state index contributed by atoms with van der Waals surface area (Å²) in [5, 5.41) is 9.18. The average Bonchev–Trinajstić information content (AvgIpc) is 3.32. The van der Waals surface area contributed by atoms with Crippen molar-refractivity contribution in [2.24, 2.45) is 11.1 Å². The predicted molar refractivity (Wildman–Crippen MR) is 98.5 cm³/mol. The van der Waals surface area contributed by atoms with Crippen LogP contribution < -0.4 is 5.73 Å². The third kappa shape index (κ3) is 5.41. The van der Waals surface area contributed by atoms with Crippen LogP contribution in [-0.4, -0.2) is 71.6 Å². The molecule has 0 aromatic heterocycles. The summed E-state index contributed by atoms with van der Waals surface area (Å²) < 4.78 is 41.3. The Morgan fingerprint density at radius 1 is 1.17 bits per heavy atom. The van der Waals surface area contributed by atoms with Crippen molar-refractivity contribution >= 4 is 17.8 Å². The van der Waals surface area contributed by atoms with Gasteiger partial charge >= 0.3 is 12.1 Å². The molecule has 0 aromatic rings. The number of nitrogens with two attached hydrogens (primary N) is 1. The zero-order chi connectivity index (χ0) is 22.7. The van der Waals surface area contributed by atoms with Crippen molar-refractivity contribution in [3.8, 4) is 6.07 Å². The van der Waals surface area contributed by atoms with Gasteiger partial charge in [-0.15, -0.1) is 0 Å². The number of rotatable bonds is 6. The van der Waals surface area contributed by atoms with Crippen molar-refractivity contribution in [3.63, 3.8) is 0 Å². The fourth-order valence-electron chi connectivity index (χ4n) is 3.87. The fourth-order valence-corrected chi connectivity index (χ4v) is 3.87. The number of nitrogens with zero attached hydrogens (tertiary/aromatic N) is 3. The number of ether oxygens (including phenoxy) is 1. The van der Waals surface area contributed by atoms with Crippen molar-refractivity contribution in [2.45, 2.75) is 70.3 Å². The summed E-state index contributed by atoms with van der Waals surface area (Å²) in [6.07, 6.45) is -2.90. The molecule has 2 aliphatic rings. The number of carbonyl (C=O) groups excluding carboxylic acids is 3. The van der Waals surface area contributed by atoms with E-state index in [4.69, 9.17) is 5.73 Å². The molecule has 11 heteroatoms. The van der Waals surface area contributed by atoms with E-state index in [1.165, 1.54) is 9.80 Å². The van der Waals surface area contributed by atoms with Crippen LogP contribution >= 0.6 is 0 Å². The molecule has 2 fully saturated rings. The second-order valence-electron chi connectivity index (χ2n) is 8.44. The van der Waals surface area contributed by atoms with Gasteiger partial charge in [0, 0.05) is 19.5 Å². The molecular weight excluding hydrogens is 405 g/mol. The first-order valence-corrected chi connectivity index (χ1v) is 9.87. The summed E-state index contributed by atoms with van der Waals surface area (Å²) in [6, 6.07) is -0.107. The third-order valence-electron chi connectivity index (χ3n) is 5.74. The average molecular weight is 432 g/mol. The maximum Gasteiger partial charge on any atom is 0.490 e. The van der Waals surface area contributed by atoms with Crippen molar-refractivity contribution in [3.05, 3.63) is 0 Å². The molecule has 2 N–H and O–H groups in total. The minimum Gasteiger partial charge on any atom is -0.457 e. The molecule has 0 saturated carbocycles. The lowest BCUT2D eigenvalue weighted by molar-refractivity contribution is -0.201. The number of carbonyl (C=O) groups is 3. The van der Waals surface area contributed by atoms with E-state index in [-0.39, 0.29) is 12.3 Å². The number of esters is 1. The quantitative estimate of drug-likeness (QED) is 0.633. The van der Waals surface area contributed by atoms with Crippen molar-refractivity contribution < 1.29 is 32.3 Å². The molecule has 3 unspecified atom stereocenters. The SMILES string of the molecule is CC(C)(CC(=O)N1CCCC1COC(=O)C(F)(F)F)C(N)C(=O)N1CCCC1C#N. The van der Waals surface area contributed by atoms with Crippen LogP contribution in [0.2, 0.25) is 0 Å². The van der Waals surface area contributed by atoms with Gasteiger partial charge in [0.05, 0.1) is 18.2 Å². The molecule has 30 heavy (non-hydrogen) atoms. The van der Waals surface area contributed by atoms with Gasteiger partial charge in [-0.05, 0) is 31.1 Å². The Labute approximate surface area is 173 Å². The van der Waals surface area contributed by atoms with Crippen LogP contribution in [0.1, 0.15) is 46.0 Å². The molecule has 2 rings (SSSR count). The van der Waals surface area contributed by atoms with E-state index in [0.29, 0.717) is 38.8 Å². The van der Waals surface area contributed by atoms with Gasteiger partial charge in [0.15, 0.2) is 0 Å². The molecule has 0 aliphatic carbocycles. The Morgan fingerprint density at radius 3 is 2.37 bits per heavy atom. The maximum absolute atomic E-state index is 12.8. The minimum absolute atomic E-state index is 0.102. The molecule has 0 spiro atoms. The maximum atomic E-state index is 12.8. The van der Waals surface area contributed by atoms with E-state index in [1.807, 2.05) is 0 Å². The minimum atomic E-state index is -5.08. The monoisotopic (exact) mass is 432 g/mol. The number of hydrogen-bond acceptors (Lipinski definition) is 6. The lowest BCUT2D eigenvalue weighted by atomic mass is 9.80. The van der Waals surface area contributed by atoms with E-state index in [9.17, 15) is 32.8 Å². The van der Waals surface area contributed by atoms with E-state index < -0.39 is 48.2 Å². The lowest BCUT2D eigenvalue weighted by Gasteiger charge is -2.35. The summed E-state index contributed by atoms with van der Waals surface area (Å²) in [5.41, 5.74) is 5.22. The molecule has 2 amide bonds. The Morgan fingerprint density at radius 2 is 1.77 bits per heavy atom. The number of amides is 2. The number of nitriles is 1. The van der Waals surface area contributed by atoms with Crippen molar-refractivity contribution in [1.29, 1.82) is 5.26 Å². The number of likely N-dealkylation sites (tertiary alicyclic amines) is 2. The van der Waals surface area contributed by atoms with Gasteiger partial charge in [0.2, 0.25) is 11.8 Å². The normalized spacial score (nSPS) is 23.2. The summed E-state index contributed by atoms with van der Waals surface area (Å²) in [6.45, 7) is 3.56. The fraction of sp³-hybridized carbons (Fsp3) is 0.789. The first-order chi connectivity index (χ1) is 13.9. The van der Waals surface area contributed by atoms with Gasteiger partial charge in [-0.2, -0.15) is 18.4 Å². The molecule has 3 atom stereocenters. The van der Waals surface area contributed by atoms with Crippen LogP contribution in [0, 0.1) is 16.7 Å². The van der Waals surface area contributed by atoms with Crippen LogP contribution in [0.25, 0.3) is 0 Å². The summed E-state index contributed by atoms with van der Waals surface area (Å²) in [4.78, 5) is 39.3. The van der Waals surface area contributed by atoms with Gasteiger partial charge < -0.3 is 20.3 Å². The van der Waals surface area contributed by atoms with E-state index in [1.54, 1.807) is 13.8 Å². The van der Waals surface area contributed by atoms with Gasteiger partial charge in [-0.3, -0.25) is 9.59 Å². The Bertz CT molecular complexity index is 720. The van der Waals surface area contributed by atoms with Gasteiger partial charge in [-0.1, -0.05) is 13.8 Å². The first-order valence-electron chi connectivity index (χ1n) is 9.87. The first kappa shape index (κ1) is 23.9. The molecular formula is C19H27F3N4O4. The van der Waals surface area contributed by atoms with Crippen LogP contribution in [0.15, 0.2) is 0 Å². The van der Waals surface area contributed by atoms with E-state index in [2.05, 4.69) is 10.8 Å². The largest absolute Gasteiger partial charge is 0.490 e. The molecule has 0 radical (unpaired) electrons. The molecule has 0 aromatic carbocycles. The zero-order valence-electron chi connectivity index (χ0n) is 17.1. The number of hydrogen-bond donors (Lipinski definition) is 1. The smallest absolute Gasteiger partial charge is 0.457 e. The van der Waals surface area contributed by atoms with Crippen LogP contribution in [-0.2, 0) is 19.1 Å². The van der Waals surface area contributed by atoms with Crippen molar-refractivity contribution in [1.82, 2.24) is 9.80 Å². The molecule has 8 nitrogen and oxygen atoms in total. The zero-order valence-corrected chi connectivity index (χ0v) is 17.1. The van der Waals surface area contributed by atoms with E-state index in [0.717, 1.165) is 0 Å². The molecule has 2 heterocycles.